The zero-order chi connectivity index (χ0) is 79.7. The molecule has 0 amide bonds. The Balaban J connectivity index is 0.623. The van der Waals surface area contributed by atoms with Crippen LogP contribution in [0, 0.1) is 53.4 Å². The molecule has 5 heteroatoms. The van der Waals surface area contributed by atoms with Gasteiger partial charge in [0.2, 0.25) is 0 Å². The van der Waals surface area contributed by atoms with Crippen LogP contribution >= 0.6 is 0 Å². The molecule has 1 atom stereocenters. The first-order valence-corrected chi connectivity index (χ1v) is 45.6. The molecule has 7 aliphatic rings. The monoisotopic (exact) mass is 1570 g/mol. The second kappa shape index (κ2) is 16.1. The number of likely N-dealkylation sites (tertiary alicyclic amines) is 1. The smallest absolute Gasteiger partial charge is 0.0737 e. The molecule has 1 fully saturated rings. The van der Waals surface area contributed by atoms with E-state index < -0.39 is 10.8 Å². The lowest BCUT2D eigenvalue weighted by Crippen LogP contribution is -2.51. The van der Waals surface area contributed by atoms with Crippen molar-refractivity contribution >= 4 is 337 Å². The zero-order valence-electron chi connectivity index (χ0n) is 68.6. The summed E-state index contributed by atoms with van der Waals surface area (Å²) >= 11 is 0. The van der Waals surface area contributed by atoms with Gasteiger partial charge in [-0.05, 0) is 485 Å². The number of aromatic nitrogens is 4. The number of hydrogen-bond acceptors (Lipinski definition) is 3. The van der Waals surface area contributed by atoms with Gasteiger partial charge in [-0.25, -0.2) is 9.97 Å². The summed E-state index contributed by atoms with van der Waals surface area (Å²) in [5, 5.41) is 88.3. The minimum absolute atomic E-state index is 0.0367. The molecule has 1 unspecified atom stereocenters. The van der Waals surface area contributed by atoms with E-state index in [0.29, 0.717) is 0 Å². The Morgan fingerprint density at radius 3 is 0.810 bits per heavy atom. The molecular formula is C121H51N5. The lowest BCUT2D eigenvalue weighted by Gasteiger charge is -2.52. The normalized spacial score (nSPS) is 18.7. The van der Waals surface area contributed by atoms with Gasteiger partial charge in [-0.1, -0.05) is 102 Å². The fourth-order valence-electron chi connectivity index (χ4n) is 35.3. The van der Waals surface area contributed by atoms with Gasteiger partial charge >= 0.3 is 0 Å². The van der Waals surface area contributed by atoms with E-state index in [1.54, 1.807) is 313 Å². The van der Waals surface area contributed by atoms with Gasteiger partial charge in [0.05, 0.1) is 33.6 Å². The number of hydrogen-bond donors (Lipinski definition) is 2. The molecule has 5 nitrogen and oxygen atoms in total. The third-order valence-electron chi connectivity index (χ3n) is 37.3. The van der Waals surface area contributed by atoms with Crippen LogP contribution in [0.2, 0.25) is 0 Å². The molecule has 43 rings (SSSR count). The van der Waals surface area contributed by atoms with Crippen molar-refractivity contribution in [2.75, 3.05) is 13.6 Å². The predicted molar refractivity (Wildman–Crippen MR) is 531 cm³/mol. The van der Waals surface area contributed by atoms with E-state index in [9.17, 15) is 0 Å². The van der Waals surface area contributed by atoms with Crippen molar-refractivity contribution in [2.45, 2.75) is 58.4 Å². The highest BCUT2D eigenvalue weighted by molar-refractivity contribution is 6.82. The highest BCUT2D eigenvalue weighted by atomic mass is 15.2. The van der Waals surface area contributed by atoms with E-state index in [-0.39, 0.29) is 6.04 Å². The van der Waals surface area contributed by atoms with Crippen molar-refractivity contribution in [3.8, 4) is 56.3 Å². The summed E-state index contributed by atoms with van der Waals surface area (Å²) in [5.41, 5.74) is 33.0. The minimum atomic E-state index is -0.509. The lowest BCUT2D eigenvalue weighted by atomic mass is 9.47. The number of aryl methyl sites for hydroxylation is 6. The van der Waals surface area contributed by atoms with Crippen LogP contribution in [0.1, 0.15) is 101 Å². The first-order valence-electron chi connectivity index (χ1n) is 45.6. The highest BCUT2D eigenvalue weighted by Gasteiger charge is 2.76. The standard InChI is InChI=1S/C121H51N5/c1-36-31-38(3)55(39(4)32-36)59-51-27-23-47(122-51)57(44-17-15-43(16-18-44)14-13-42-11-9-8-10-12-42)48-24-28-52(123-48)60(56-40(5)33-37(2)34-41(56)6)54-30-26-50(125-54)58(49-25-29-53(59)124-49)45-19-21-46(22-20-45)119-121-117-111-105-95-83-75-67-63-61-62-65-69(67)77(83)87-81-73(65)74-66(62)70-68-64(61)72-71(63)79-85(75)93-99-89(79)90-80(72)86-76(68)84-78(70)88-82(74)92-91(81)103(97(87)105)113(117)114-104(92)98(88)106-96(84)102-94(86)100(90)108-107(99)115(109(111)101(93)95)120(121,35-126(119)7)116(108)110(102)112(106)118(114)121/h8-12,15-34,119,122,125H,35H2,1-7H3. The maximum atomic E-state index is 6.07. The van der Waals surface area contributed by atoms with Crippen molar-refractivity contribution in [1.82, 2.24) is 24.8 Å². The second-order valence-electron chi connectivity index (χ2n) is 41.6. The van der Waals surface area contributed by atoms with Gasteiger partial charge in [-0.3, -0.25) is 4.90 Å². The predicted octanol–water partition coefficient (Wildman–Crippen LogP) is 30.9. The third kappa shape index (κ3) is 4.56. The van der Waals surface area contributed by atoms with Gasteiger partial charge in [0.1, 0.15) is 0 Å². The first kappa shape index (κ1) is 57.9. The first-order chi connectivity index (χ1) is 62.0. The Labute approximate surface area is 707 Å². The number of likely N-dealkylation sites (N-methyl/N-ethyl adjacent to an activating group) is 1. The fraction of sp³-hybridized carbons (Fsp3) is 0.0909. The second-order valence-corrected chi connectivity index (χ2v) is 41.6. The quantitative estimate of drug-likeness (QED) is 0.133. The summed E-state index contributed by atoms with van der Waals surface area (Å²) in [6.45, 7) is 14.5. The molecule has 2 N–H and O–H groups in total. The fourth-order valence-corrected chi connectivity index (χ4v) is 35.3. The summed E-state index contributed by atoms with van der Waals surface area (Å²) in [6.07, 6.45) is 9.11. The van der Waals surface area contributed by atoms with Crippen molar-refractivity contribution in [3.05, 3.63) is 222 Å². The van der Waals surface area contributed by atoms with Crippen molar-refractivity contribution in [1.29, 1.82) is 0 Å². The van der Waals surface area contributed by atoms with Gasteiger partial charge in [-0.2, -0.15) is 0 Å². The molecule has 36 aromatic rings. The van der Waals surface area contributed by atoms with Crippen LogP contribution in [0.5, 0.6) is 0 Å². The largest absolute Gasteiger partial charge is 0.354 e. The number of nitrogens with one attached hydrogen (secondary N) is 2. The molecule has 0 saturated carbocycles. The molecule has 4 aliphatic carbocycles. The van der Waals surface area contributed by atoms with Crippen LogP contribution < -0.4 is 0 Å². The van der Waals surface area contributed by atoms with Crippen LogP contribution in [-0.2, 0) is 10.8 Å². The van der Waals surface area contributed by atoms with Gasteiger partial charge in [-0.15, -0.1) is 0 Å². The Kier molecular flexibility index (Phi) is 7.39. The van der Waals surface area contributed by atoms with Gasteiger partial charge in [0.15, 0.2) is 0 Å². The van der Waals surface area contributed by atoms with Crippen LogP contribution in [0.4, 0.5) is 0 Å². The summed E-state index contributed by atoms with van der Waals surface area (Å²) in [4.78, 5) is 23.3. The van der Waals surface area contributed by atoms with Crippen LogP contribution in [0.15, 0.2) is 127 Å². The van der Waals surface area contributed by atoms with Crippen molar-refractivity contribution < 1.29 is 0 Å². The summed E-state index contributed by atoms with van der Waals surface area (Å²) in [5.74, 6) is 6.86. The van der Waals surface area contributed by atoms with Gasteiger partial charge < -0.3 is 9.97 Å². The molecule has 33 aromatic carbocycles. The number of nitrogens with zero attached hydrogens (tertiary/aromatic N) is 3. The topological polar surface area (TPSA) is 60.6 Å². The van der Waals surface area contributed by atoms with E-state index in [1.807, 2.05) is 18.2 Å². The molecule has 3 aromatic heterocycles. The van der Waals surface area contributed by atoms with Crippen LogP contribution in [0.3, 0.4) is 0 Å². The van der Waals surface area contributed by atoms with Gasteiger partial charge in [0, 0.05) is 68.0 Å². The Hall–Kier alpha value is -15.3. The number of rotatable bonds is 5. The molecule has 2 spiro atoms. The summed E-state index contributed by atoms with van der Waals surface area (Å²) in [6, 6.07) is 47.9. The number of fused-ring (bicyclic) bond motifs is 8. The van der Waals surface area contributed by atoms with E-state index in [0.717, 1.165) is 95.9 Å². The molecule has 560 valence electrons. The zero-order valence-corrected chi connectivity index (χ0v) is 68.6. The van der Waals surface area contributed by atoms with Gasteiger partial charge in [0.25, 0.3) is 0 Å². The average molecular weight is 1570 g/mol. The number of benzene rings is 23. The molecule has 6 heterocycles. The maximum absolute atomic E-state index is 6.07. The Morgan fingerprint density at radius 2 is 0.516 bits per heavy atom. The molecule has 0 radical (unpaired) electrons. The summed E-state index contributed by atoms with van der Waals surface area (Å²) < 4.78 is 0. The van der Waals surface area contributed by atoms with Crippen LogP contribution in [-0.4, -0.2) is 38.4 Å². The molecule has 3 aliphatic heterocycles. The number of aromatic amines is 2. The summed E-state index contributed by atoms with van der Waals surface area (Å²) in [7, 11) is 2.60. The van der Waals surface area contributed by atoms with Crippen molar-refractivity contribution in [3.63, 3.8) is 0 Å². The lowest BCUT2D eigenvalue weighted by molar-refractivity contribution is 0.271. The van der Waals surface area contributed by atoms with Crippen molar-refractivity contribution in [2.24, 2.45) is 0 Å². The van der Waals surface area contributed by atoms with Crippen LogP contribution in [0.25, 0.3) is 382 Å². The average Bonchev–Trinajstić information content (AvgIpc) is 1.38. The molecular weight excluding hydrogens is 1520 g/mol. The Morgan fingerprint density at radius 1 is 0.270 bits per heavy atom. The van der Waals surface area contributed by atoms with E-state index in [4.69, 9.17) is 9.97 Å². The Bertz CT molecular complexity index is 11400. The maximum Gasteiger partial charge on any atom is 0.0737 e. The molecule has 8 bridgehead atoms. The van der Waals surface area contributed by atoms with E-state index in [1.165, 1.54) is 50.1 Å². The SMILES string of the molecule is Cc1cc(C)c(-c2c3nc(c(-c4ccc(C5N(C)CC67c8c9c%10c%11c%12c%13c(c%14c%15c6c6c8c8c%16c9c9c%10c%10c%12c%12c%17c%13c%13c%14c%14c%15c%15c6c6c8c8c%16c%16c9c9c%10c%12c%10c%12c%17c%13c%13c%14c%14c%15c6c6c8c8c%16c9c%10c9c%12c%13c%14c6c89)C%1157)cc4)c4ccc([nH]4)c(-c4c(C)cc(C)cc4C)c4nc(c(-c5ccc(C#Cc6ccccc6)cc5)c5ccc2[nH]5)C=C4)C=C3)c(C)c1. The highest BCUT2D eigenvalue weighted by Crippen LogP contribution is 2.87. The third-order valence-corrected chi connectivity index (χ3v) is 37.3. The molecule has 1 saturated heterocycles. The van der Waals surface area contributed by atoms with E-state index >= 15 is 0 Å². The minimum Gasteiger partial charge on any atom is -0.354 e. The number of H-pyrrole nitrogens is 2. The molecule has 126 heavy (non-hydrogen) atoms. The van der Waals surface area contributed by atoms with E-state index in [2.05, 4.69) is 209 Å².